The first kappa shape index (κ1) is 19.0. The minimum absolute atomic E-state index is 0.186. The van der Waals surface area contributed by atoms with Gasteiger partial charge in [0.2, 0.25) is 0 Å². The van der Waals surface area contributed by atoms with E-state index in [4.69, 9.17) is 0 Å². The summed E-state index contributed by atoms with van der Waals surface area (Å²) >= 11 is 0. The van der Waals surface area contributed by atoms with E-state index in [1.807, 2.05) is 48.8 Å². The van der Waals surface area contributed by atoms with Crippen molar-refractivity contribution >= 4 is 6.08 Å². The molecule has 0 spiro atoms. The van der Waals surface area contributed by atoms with Gasteiger partial charge in [0.25, 0.3) is 0 Å². The highest BCUT2D eigenvalue weighted by Gasteiger charge is 2.38. The van der Waals surface area contributed by atoms with Crippen LogP contribution >= 0.6 is 0 Å². The largest absolute Gasteiger partial charge is 0.256 e. The van der Waals surface area contributed by atoms with Crippen LogP contribution in [0.1, 0.15) is 49.2 Å². The van der Waals surface area contributed by atoms with Gasteiger partial charge in [0.05, 0.1) is 23.0 Å². The Morgan fingerprint density at radius 3 is 2.69 bits per heavy atom. The van der Waals surface area contributed by atoms with Gasteiger partial charge in [0.1, 0.15) is 6.33 Å². The fraction of sp³-hybridized carbons (Fsp3) is 0.280. The molecule has 4 nitrogen and oxygen atoms in total. The van der Waals surface area contributed by atoms with E-state index >= 15 is 0 Å². The molecule has 0 saturated carbocycles. The van der Waals surface area contributed by atoms with Crippen molar-refractivity contribution < 1.29 is 0 Å². The molecule has 29 heavy (non-hydrogen) atoms. The van der Waals surface area contributed by atoms with Crippen molar-refractivity contribution in [2.45, 2.75) is 33.1 Å². The van der Waals surface area contributed by atoms with Crippen LogP contribution in [0.2, 0.25) is 0 Å². The Bertz CT molecular complexity index is 1090. The smallest absolute Gasteiger partial charge is 0.115 e. The van der Waals surface area contributed by atoms with Gasteiger partial charge in [0.15, 0.2) is 0 Å². The van der Waals surface area contributed by atoms with Crippen LogP contribution in [0, 0.1) is 22.7 Å². The molecule has 3 aromatic rings. The molecular weight excluding hydrogens is 356 g/mol. The van der Waals surface area contributed by atoms with Crippen LogP contribution in [-0.4, -0.2) is 15.0 Å². The summed E-state index contributed by atoms with van der Waals surface area (Å²) in [5, 5.41) is 9.32. The molecule has 0 N–H and O–H groups in total. The molecule has 1 aliphatic rings. The van der Waals surface area contributed by atoms with E-state index in [1.54, 1.807) is 6.33 Å². The Balaban J connectivity index is 1.62. The van der Waals surface area contributed by atoms with Crippen molar-refractivity contribution in [1.82, 2.24) is 15.0 Å². The third-order valence-electron chi connectivity index (χ3n) is 6.18. The molecule has 0 bridgehead atoms. The maximum atomic E-state index is 9.32. The Labute approximate surface area is 172 Å². The van der Waals surface area contributed by atoms with Gasteiger partial charge >= 0.3 is 0 Å². The minimum Gasteiger partial charge on any atom is -0.256 e. The highest BCUT2D eigenvalue weighted by Crippen LogP contribution is 2.46. The zero-order chi connectivity index (χ0) is 20.4. The van der Waals surface area contributed by atoms with E-state index in [0.29, 0.717) is 11.5 Å². The summed E-state index contributed by atoms with van der Waals surface area (Å²) in [7, 11) is 0. The monoisotopic (exact) mass is 380 g/mol. The lowest BCUT2D eigenvalue weighted by Crippen LogP contribution is -2.34. The molecule has 2 aromatic heterocycles. The van der Waals surface area contributed by atoms with Crippen molar-refractivity contribution in [3.63, 3.8) is 0 Å². The van der Waals surface area contributed by atoms with Gasteiger partial charge in [-0.1, -0.05) is 51.1 Å². The number of hydrogen-bond acceptors (Lipinski definition) is 4. The van der Waals surface area contributed by atoms with Crippen LogP contribution in [0.4, 0.5) is 0 Å². The van der Waals surface area contributed by atoms with Gasteiger partial charge in [-0.15, -0.1) is 0 Å². The number of rotatable bonds is 3. The summed E-state index contributed by atoms with van der Waals surface area (Å²) in [5.74, 6) is 0.695. The van der Waals surface area contributed by atoms with Gasteiger partial charge in [-0.3, -0.25) is 4.98 Å². The number of aromatic nitrogens is 3. The van der Waals surface area contributed by atoms with E-state index in [-0.39, 0.29) is 11.3 Å². The summed E-state index contributed by atoms with van der Waals surface area (Å²) in [6.45, 7) is 6.93. The maximum Gasteiger partial charge on any atom is 0.115 e. The van der Waals surface area contributed by atoms with Crippen molar-refractivity contribution in [3.8, 4) is 17.2 Å². The predicted molar refractivity (Wildman–Crippen MR) is 115 cm³/mol. The zero-order valence-electron chi connectivity index (χ0n) is 17.0. The number of nitrogens with zero attached hydrogens (tertiary/aromatic N) is 4. The fourth-order valence-corrected chi connectivity index (χ4v) is 4.13. The topological polar surface area (TPSA) is 62.5 Å². The molecule has 1 aliphatic carbocycles. The molecule has 0 saturated heterocycles. The minimum atomic E-state index is 0.186. The summed E-state index contributed by atoms with van der Waals surface area (Å²) < 4.78 is 0. The number of allylic oxidation sites excluding steroid dienone is 1. The van der Waals surface area contributed by atoms with Crippen molar-refractivity contribution in [2.75, 3.05) is 0 Å². The molecule has 144 valence electrons. The van der Waals surface area contributed by atoms with Gasteiger partial charge < -0.3 is 0 Å². The number of hydrogen-bond donors (Lipinski definition) is 0. The normalized spacial score (nSPS) is 20.2. The quantitative estimate of drug-likeness (QED) is 0.608. The second kappa shape index (κ2) is 7.60. The predicted octanol–water partition coefficient (Wildman–Crippen LogP) is 5.43. The van der Waals surface area contributed by atoms with E-state index < -0.39 is 0 Å². The van der Waals surface area contributed by atoms with E-state index in [9.17, 15) is 5.26 Å². The molecule has 2 heterocycles. The third-order valence-corrected chi connectivity index (χ3v) is 6.18. The van der Waals surface area contributed by atoms with E-state index in [0.717, 1.165) is 28.9 Å². The highest BCUT2D eigenvalue weighted by atomic mass is 14.8. The van der Waals surface area contributed by atoms with Crippen LogP contribution in [0.3, 0.4) is 0 Å². The lowest BCUT2D eigenvalue weighted by Gasteiger charge is -2.41. The van der Waals surface area contributed by atoms with Crippen LogP contribution < -0.4 is 0 Å². The Hall–Kier alpha value is -3.32. The van der Waals surface area contributed by atoms with E-state index in [1.165, 1.54) is 5.56 Å². The summed E-state index contributed by atoms with van der Waals surface area (Å²) in [5.41, 5.74) is 5.96. The molecule has 1 aromatic carbocycles. The zero-order valence-corrected chi connectivity index (χ0v) is 17.0. The molecule has 4 heteroatoms. The Kier molecular flexibility index (Phi) is 4.98. The molecule has 0 aliphatic heterocycles. The Morgan fingerprint density at radius 2 is 1.93 bits per heavy atom. The Morgan fingerprint density at radius 1 is 1.10 bits per heavy atom. The molecule has 0 amide bonds. The second-order valence-corrected chi connectivity index (χ2v) is 8.40. The molecule has 4 rings (SSSR count). The highest BCUT2D eigenvalue weighted by molar-refractivity contribution is 5.70. The number of nitriles is 1. The van der Waals surface area contributed by atoms with Gasteiger partial charge in [-0.05, 0) is 41.5 Å². The summed E-state index contributed by atoms with van der Waals surface area (Å²) in [4.78, 5) is 13.4. The third kappa shape index (κ3) is 3.69. The summed E-state index contributed by atoms with van der Waals surface area (Å²) in [6.07, 6.45) is 10.7. The maximum absolute atomic E-state index is 9.32. The molecule has 2 atom stereocenters. The molecule has 0 fully saturated rings. The molecule has 1 unspecified atom stereocenters. The summed E-state index contributed by atoms with van der Waals surface area (Å²) in [6, 6.07) is 13.9. The van der Waals surface area contributed by atoms with Crippen molar-refractivity contribution in [2.24, 2.45) is 11.3 Å². The fourth-order valence-electron chi connectivity index (χ4n) is 4.13. The van der Waals surface area contributed by atoms with Crippen LogP contribution in [0.25, 0.3) is 17.2 Å². The standard InChI is InChI=1S/C25H24N4/c1-17-22(24-20(12-25(17,2)3)14-27-16-29-24)11-10-21-9-8-19(15-28-21)23-7-5-4-6-18(23)13-26/h4-11,14-17,22H,12H2,1-3H3/b11-10+/t17-,22?/m0/s1. The lowest BCUT2D eigenvalue weighted by atomic mass is 9.64. The first-order valence-electron chi connectivity index (χ1n) is 9.92. The van der Waals surface area contributed by atoms with Gasteiger partial charge in [-0.25, -0.2) is 9.97 Å². The SMILES string of the molecule is C[C@H]1C(/C=C/c2ccc(-c3ccccc3C#N)cn2)c2ncncc2CC1(C)C. The van der Waals surface area contributed by atoms with Crippen molar-refractivity contribution in [3.05, 3.63) is 83.7 Å². The van der Waals surface area contributed by atoms with Crippen molar-refractivity contribution in [1.29, 1.82) is 5.26 Å². The van der Waals surface area contributed by atoms with E-state index in [2.05, 4.69) is 53.9 Å². The van der Waals surface area contributed by atoms with Crippen LogP contribution in [0.15, 0.2) is 61.2 Å². The first-order chi connectivity index (χ1) is 14.0. The molecular formula is C25H24N4. The molecule has 0 radical (unpaired) electrons. The number of fused-ring (bicyclic) bond motifs is 1. The first-order valence-corrected chi connectivity index (χ1v) is 9.92. The second-order valence-electron chi connectivity index (χ2n) is 8.40. The average Bonchev–Trinajstić information content (AvgIpc) is 2.74. The number of pyridine rings is 1. The van der Waals surface area contributed by atoms with Gasteiger partial charge in [0, 0.05) is 29.4 Å². The lowest BCUT2D eigenvalue weighted by molar-refractivity contribution is 0.190. The number of benzene rings is 1. The van der Waals surface area contributed by atoms with Crippen LogP contribution in [0.5, 0.6) is 0 Å². The van der Waals surface area contributed by atoms with Crippen LogP contribution in [-0.2, 0) is 6.42 Å². The van der Waals surface area contributed by atoms with Gasteiger partial charge in [-0.2, -0.15) is 5.26 Å². The average molecular weight is 380 g/mol.